The van der Waals surface area contributed by atoms with Gasteiger partial charge < -0.3 is 15.0 Å². The number of carbonyl (C=O) groups is 1. The first-order valence-corrected chi connectivity index (χ1v) is 9.76. The quantitative estimate of drug-likeness (QED) is 0.616. The van der Waals surface area contributed by atoms with Crippen LogP contribution in [0.5, 0.6) is 0 Å². The van der Waals surface area contributed by atoms with E-state index in [9.17, 15) is 4.79 Å². The molecule has 2 N–H and O–H groups in total. The van der Waals surface area contributed by atoms with Crippen LogP contribution in [0.15, 0.2) is 30.3 Å². The van der Waals surface area contributed by atoms with Gasteiger partial charge in [0.15, 0.2) is 5.69 Å². The van der Waals surface area contributed by atoms with E-state index in [2.05, 4.69) is 44.6 Å². The van der Waals surface area contributed by atoms with E-state index in [-0.39, 0.29) is 5.91 Å². The van der Waals surface area contributed by atoms with E-state index in [0.717, 1.165) is 49.2 Å². The summed E-state index contributed by atoms with van der Waals surface area (Å²) in [5.41, 5.74) is 5.12. The van der Waals surface area contributed by atoms with Crippen molar-refractivity contribution in [2.24, 2.45) is 7.05 Å². The van der Waals surface area contributed by atoms with E-state index in [0.29, 0.717) is 18.8 Å². The minimum Gasteiger partial charge on any atom is -0.385 e. The van der Waals surface area contributed by atoms with Gasteiger partial charge in [-0.3, -0.25) is 14.4 Å². The first-order valence-electron chi connectivity index (χ1n) is 9.76. The molecule has 0 bridgehead atoms. The number of benzene rings is 1. The van der Waals surface area contributed by atoms with Crippen LogP contribution in [-0.4, -0.2) is 52.4 Å². The van der Waals surface area contributed by atoms with Gasteiger partial charge in [-0.15, -0.1) is 0 Å². The molecular weight excluding hydrogens is 354 g/mol. The van der Waals surface area contributed by atoms with Gasteiger partial charge in [0.1, 0.15) is 0 Å². The Hall–Kier alpha value is -2.64. The van der Waals surface area contributed by atoms with Gasteiger partial charge in [-0.2, -0.15) is 5.10 Å². The zero-order chi connectivity index (χ0) is 19.5. The van der Waals surface area contributed by atoms with Gasteiger partial charge in [0.05, 0.1) is 0 Å². The third-order valence-corrected chi connectivity index (χ3v) is 5.33. The maximum absolute atomic E-state index is 12.6. The molecule has 4 rings (SSSR count). The Bertz CT molecular complexity index is 941. The molecule has 0 saturated carbocycles. The van der Waals surface area contributed by atoms with E-state index in [4.69, 9.17) is 4.74 Å². The summed E-state index contributed by atoms with van der Waals surface area (Å²) in [6.45, 7) is 3.75. The molecule has 3 heterocycles. The molecule has 1 aliphatic rings. The number of ether oxygens (including phenoxy) is 1. The summed E-state index contributed by atoms with van der Waals surface area (Å²) < 4.78 is 6.90. The minimum atomic E-state index is -0.0968. The standard InChI is InChI=1S/C21H27N5O2/c1-25-19-8-10-26(13-16-12-15-6-3-4-7-18(15)23-16)14-17(19)20(24-25)21(27)22-9-5-11-28-2/h3-4,6-7,12,23H,5,8-11,13-14H2,1-2H3,(H,22,27). The van der Waals surface area contributed by atoms with Crippen molar-refractivity contribution in [1.82, 2.24) is 25.0 Å². The van der Waals surface area contributed by atoms with Crippen LogP contribution in [0.4, 0.5) is 0 Å². The number of carbonyl (C=O) groups excluding carboxylic acids is 1. The molecule has 0 radical (unpaired) electrons. The Morgan fingerprint density at radius 3 is 3.04 bits per heavy atom. The lowest BCUT2D eigenvalue weighted by Gasteiger charge is -2.27. The van der Waals surface area contributed by atoms with Crippen molar-refractivity contribution in [1.29, 1.82) is 0 Å². The van der Waals surface area contributed by atoms with Crippen LogP contribution in [0.2, 0.25) is 0 Å². The normalized spacial score (nSPS) is 14.4. The largest absolute Gasteiger partial charge is 0.385 e. The SMILES string of the molecule is COCCCNC(=O)c1nn(C)c2c1CN(Cc1cc3ccccc3[nH]1)CC2. The molecule has 7 heteroatoms. The average molecular weight is 381 g/mol. The molecule has 0 atom stereocenters. The third kappa shape index (κ3) is 3.81. The zero-order valence-electron chi connectivity index (χ0n) is 16.5. The van der Waals surface area contributed by atoms with Crippen LogP contribution >= 0.6 is 0 Å². The number of rotatable bonds is 7. The van der Waals surface area contributed by atoms with E-state index < -0.39 is 0 Å². The third-order valence-electron chi connectivity index (χ3n) is 5.33. The number of fused-ring (bicyclic) bond motifs is 2. The van der Waals surface area contributed by atoms with Crippen molar-refractivity contribution in [3.63, 3.8) is 0 Å². The summed E-state index contributed by atoms with van der Waals surface area (Å²) in [6, 6.07) is 10.5. The Labute approximate surface area is 164 Å². The Kier molecular flexibility index (Phi) is 5.45. The number of nitrogens with zero attached hydrogens (tertiary/aromatic N) is 3. The molecule has 0 unspecified atom stereocenters. The number of nitrogens with one attached hydrogen (secondary N) is 2. The van der Waals surface area contributed by atoms with E-state index in [1.807, 2.05) is 17.8 Å². The number of aryl methyl sites for hydroxylation is 1. The van der Waals surface area contributed by atoms with Crippen molar-refractivity contribution < 1.29 is 9.53 Å². The summed E-state index contributed by atoms with van der Waals surface area (Å²) >= 11 is 0. The van der Waals surface area contributed by atoms with Gasteiger partial charge in [-0.25, -0.2) is 0 Å². The van der Waals surface area contributed by atoms with Crippen molar-refractivity contribution in [2.75, 3.05) is 26.8 Å². The highest BCUT2D eigenvalue weighted by Crippen LogP contribution is 2.24. The Morgan fingerprint density at radius 2 is 2.21 bits per heavy atom. The van der Waals surface area contributed by atoms with Crippen LogP contribution < -0.4 is 5.32 Å². The smallest absolute Gasteiger partial charge is 0.272 e. The first kappa shape index (κ1) is 18.7. The van der Waals surface area contributed by atoms with Crippen molar-refractivity contribution >= 4 is 16.8 Å². The van der Waals surface area contributed by atoms with Crippen molar-refractivity contribution in [3.8, 4) is 0 Å². The summed E-state index contributed by atoms with van der Waals surface area (Å²) in [6.07, 6.45) is 1.69. The predicted molar refractivity (Wildman–Crippen MR) is 108 cm³/mol. The first-order chi connectivity index (χ1) is 13.7. The lowest BCUT2D eigenvalue weighted by Crippen LogP contribution is -2.32. The highest BCUT2D eigenvalue weighted by Gasteiger charge is 2.27. The molecule has 3 aromatic rings. The van der Waals surface area contributed by atoms with Crippen LogP contribution in [-0.2, 0) is 31.3 Å². The fourth-order valence-electron chi connectivity index (χ4n) is 3.93. The number of amides is 1. The van der Waals surface area contributed by atoms with Crippen LogP contribution in [0.25, 0.3) is 10.9 Å². The van der Waals surface area contributed by atoms with E-state index in [1.165, 1.54) is 11.1 Å². The second-order valence-electron chi connectivity index (χ2n) is 7.34. The lowest BCUT2D eigenvalue weighted by molar-refractivity contribution is 0.0940. The van der Waals surface area contributed by atoms with Gasteiger partial charge in [-0.1, -0.05) is 18.2 Å². The topological polar surface area (TPSA) is 75.2 Å². The molecule has 0 fully saturated rings. The van der Waals surface area contributed by atoms with Gasteiger partial charge in [0, 0.05) is 75.8 Å². The summed E-state index contributed by atoms with van der Waals surface area (Å²) in [5.74, 6) is -0.0968. The molecule has 148 valence electrons. The minimum absolute atomic E-state index is 0.0968. The number of hydrogen-bond donors (Lipinski definition) is 2. The monoisotopic (exact) mass is 381 g/mol. The highest BCUT2D eigenvalue weighted by molar-refractivity contribution is 5.94. The fraction of sp³-hybridized carbons (Fsp3) is 0.429. The average Bonchev–Trinajstić information content (AvgIpc) is 3.25. The second kappa shape index (κ2) is 8.16. The maximum atomic E-state index is 12.6. The number of para-hydroxylation sites is 1. The summed E-state index contributed by atoms with van der Waals surface area (Å²) in [5, 5.41) is 8.70. The maximum Gasteiger partial charge on any atom is 0.272 e. The molecule has 1 amide bonds. The number of H-pyrrole nitrogens is 1. The van der Waals surface area contributed by atoms with Crippen molar-refractivity contribution in [2.45, 2.75) is 25.9 Å². The predicted octanol–water partition coefficient (Wildman–Crippen LogP) is 2.23. The summed E-state index contributed by atoms with van der Waals surface area (Å²) in [7, 11) is 3.59. The highest BCUT2D eigenvalue weighted by atomic mass is 16.5. The molecule has 1 aliphatic heterocycles. The zero-order valence-corrected chi connectivity index (χ0v) is 16.5. The van der Waals surface area contributed by atoms with Crippen LogP contribution in [0, 0.1) is 0 Å². The second-order valence-corrected chi connectivity index (χ2v) is 7.34. The van der Waals surface area contributed by atoms with E-state index >= 15 is 0 Å². The van der Waals surface area contributed by atoms with E-state index in [1.54, 1.807) is 7.11 Å². The molecule has 0 spiro atoms. The van der Waals surface area contributed by atoms with Crippen molar-refractivity contribution in [3.05, 3.63) is 53.0 Å². The van der Waals surface area contributed by atoms with Crippen LogP contribution in [0.1, 0.15) is 33.9 Å². The Balaban J connectivity index is 1.47. The lowest BCUT2D eigenvalue weighted by atomic mass is 10.0. The fourth-order valence-corrected chi connectivity index (χ4v) is 3.93. The molecule has 2 aromatic heterocycles. The Morgan fingerprint density at radius 1 is 1.36 bits per heavy atom. The molecule has 0 saturated heterocycles. The van der Waals surface area contributed by atoms with Gasteiger partial charge in [0.25, 0.3) is 5.91 Å². The van der Waals surface area contributed by atoms with Gasteiger partial charge >= 0.3 is 0 Å². The molecule has 1 aromatic carbocycles. The van der Waals surface area contributed by atoms with Gasteiger partial charge in [0.2, 0.25) is 0 Å². The molecule has 0 aliphatic carbocycles. The number of methoxy groups -OCH3 is 1. The number of aromatic amines is 1. The summed E-state index contributed by atoms with van der Waals surface area (Å²) in [4.78, 5) is 18.5. The van der Waals surface area contributed by atoms with Gasteiger partial charge in [-0.05, 0) is 23.9 Å². The van der Waals surface area contributed by atoms with Crippen LogP contribution in [0.3, 0.4) is 0 Å². The number of hydrogen-bond acceptors (Lipinski definition) is 4. The molecule has 7 nitrogen and oxygen atoms in total. The molecular formula is C21H27N5O2. The molecule has 28 heavy (non-hydrogen) atoms. The number of aromatic nitrogens is 3.